The summed E-state index contributed by atoms with van der Waals surface area (Å²) in [6, 6.07) is 5.13. The van der Waals surface area contributed by atoms with Crippen molar-refractivity contribution in [2.45, 2.75) is 76.6 Å². The van der Waals surface area contributed by atoms with Crippen molar-refractivity contribution < 1.29 is 33.8 Å². The molecule has 0 saturated heterocycles. The Morgan fingerprint density at radius 2 is 1.82 bits per heavy atom. The third-order valence-electron chi connectivity index (χ3n) is 6.04. The van der Waals surface area contributed by atoms with Gasteiger partial charge in [-0.05, 0) is 36.8 Å². The van der Waals surface area contributed by atoms with Crippen LogP contribution in [0.3, 0.4) is 0 Å². The van der Waals surface area contributed by atoms with Crippen LogP contribution in [0.5, 0.6) is 0 Å². The first-order valence-electron chi connectivity index (χ1n) is 12.6. The molecule has 0 bridgehead atoms. The van der Waals surface area contributed by atoms with Crippen LogP contribution in [-0.2, 0) is 30.3 Å². The molecule has 1 aromatic heterocycles. The number of nitrogens with one attached hydrogen (secondary N) is 1. The molecule has 2 aromatic rings. The van der Waals surface area contributed by atoms with Gasteiger partial charge in [-0.3, -0.25) is 23.7 Å². The first-order chi connectivity index (χ1) is 17.9. The number of aromatic nitrogens is 1. The third-order valence-corrected chi connectivity index (χ3v) is 7.10. The summed E-state index contributed by atoms with van der Waals surface area (Å²) in [5.74, 6) is -2.24. The van der Waals surface area contributed by atoms with Crippen LogP contribution < -0.4 is 11.1 Å². The van der Waals surface area contributed by atoms with Gasteiger partial charge in [0.2, 0.25) is 11.8 Å². The summed E-state index contributed by atoms with van der Waals surface area (Å²) in [6.07, 6.45) is 3.47. The van der Waals surface area contributed by atoms with Gasteiger partial charge in [-0.25, -0.2) is 4.79 Å². The maximum Gasteiger partial charge on any atom is 0.326 e. The zero-order valence-electron chi connectivity index (χ0n) is 22.3. The van der Waals surface area contributed by atoms with Crippen molar-refractivity contribution in [2.24, 2.45) is 11.7 Å². The van der Waals surface area contributed by atoms with E-state index in [-0.39, 0.29) is 35.8 Å². The highest BCUT2D eigenvalue weighted by Gasteiger charge is 2.29. The molecule has 3 atom stereocenters. The van der Waals surface area contributed by atoms with Crippen LogP contribution in [0.4, 0.5) is 0 Å². The van der Waals surface area contributed by atoms with E-state index in [0.29, 0.717) is 42.1 Å². The Balaban J connectivity index is 2.23. The fourth-order valence-corrected chi connectivity index (χ4v) is 5.07. The zero-order valence-corrected chi connectivity index (χ0v) is 23.1. The van der Waals surface area contributed by atoms with Crippen LogP contribution in [0.25, 0.3) is 10.9 Å². The van der Waals surface area contributed by atoms with Crippen LogP contribution in [0.1, 0.15) is 63.2 Å². The van der Waals surface area contributed by atoms with Crippen LogP contribution in [-0.4, -0.2) is 63.0 Å². The lowest BCUT2D eigenvalue weighted by Gasteiger charge is -2.19. The van der Waals surface area contributed by atoms with E-state index in [4.69, 9.17) is 5.73 Å². The minimum atomic E-state index is -1.29. The molecule has 0 fully saturated rings. The quantitative estimate of drug-likeness (QED) is 0.239. The number of carbonyl (C=O) groups excluding carboxylic acids is 4. The number of amides is 1. The van der Waals surface area contributed by atoms with Gasteiger partial charge >= 0.3 is 11.9 Å². The Kier molecular flexibility index (Phi) is 12.0. The van der Waals surface area contributed by atoms with E-state index in [9.17, 15) is 29.1 Å². The number of nitrogens with zero attached hydrogens (tertiary/aromatic N) is 1. The smallest absolute Gasteiger partial charge is 0.326 e. The summed E-state index contributed by atoms with van der Waals surface area (Å²) in [5.41, 5.74) is 7.32. The number of carboxylic acids is 1. The van der Waals surface area contributed by atoms with Gasteiger partial charge in [-0.2, -0.15) is 0 Å². The maximum absolute atomic E-state index is 13.1. The lowest BCUT2D eigenvalue weighted by molar-refractivity contribution is -0.142. The van der Waals surface area contributed by atoms with E-state index in [0.717, 1.165) is 11.8 Å². The van der Waals surface area contributed by atoms with E-state index < -0.39 is 29.2 Å². The Morgan fingerprint density at radius 1 is 1.13 bits per heavy atom. The predicted octanol–water partition coefficient (Wildman–Crippen LogP) is 3.15. The summed E-state index contributed by atoms with van der Waals surface area (Å²) >= 11 is 0.828. The number of nitrogens with two attached hydrogens (primary N) is 1. The molecule has 0 spiro atoms. The zero-order chi connectivity index (χ0) is 28.4. The Morgan fingerprint density at radius 3 is 2.42 bits per heavy atom. The lowest BCUT2D eigenvalue weighted by atomic mass is 10.0. The fourth-order valence-electron chi connectivity index (χ4n) is 4.21. The third kappa shape index (κ3) is 8.98. The molecule has 38 heavy (non-hydrogen) atoms. The van der Waals surface area contributed by atoms with Gasteiger partial charge in [-0.15, -0.1) is 0 Å². The number of fused-ring (bicyclic) bond motifs is 1. The molecule has 4 N–H and O–H groups in total. The van der Waals surface area contributed by atoms with Crippen molar-refractivity contribution in [3.8, 4) is 0 Å². The molecule has 208 valence electrons. The molecule has 1 unspecified atom stereocenters. The molecule has 0 radical (unpaired) electrons. The Hall–Kier alpha value is -3.18. The average Bonchev–Trinajstić information content (AvgIpc) is 3.22. The fraction of sp³-hybridized carbons (Fsp3) is 0.519. The average molecular weight is 548 g/mol. The minimum absolute atomic E-state index is 0.0684. The number of para-hydroxylation sites is 1. The van der Waals surface area contributed by atoms with Crippen molar-refractivity contribution in [2.75, 3.05) is 7.11 Å². The van der Waals surface area contributed by atoms with Gasteiger partial charge in [0.05, 0.1) is 23.9 Å². The molecule has 2 rings (SSSR count). The van der Waals surface area contributed by atoms with E-state index in [1.54, 1.807) is 30.5 Å². The topological polar surface area (TPSA) is 158 Å². The number of hydrogen-bond donors (Lipinski definition) is 3. The number of thioether (sulfide) groups is 1. The number of rotatable bonds is 14. The molecule has 1 heterocycles. The van der Waals surface area contributed by atoms with Gasteiger partial charge in [0.15, 0.2) is 5.12 Å². The van der Waals surface area contributed by atoms with Gasteiger partial charge in [0, 0.05) is 31.3 Å². The first kappa shape index (κ1) is 31.0. The molecule has 0 aliphatic rings. The van der Waals surface area contributed by atoms with Crippen LogP contribution in [0.2, 0.25) is 0 Å². The molecule has 1 aromatic carbocycles. The minimum Gasteiger partial charge on any atom is -0.480 e. The summed E-state index contributed by atoms with van der Waals surface area (Å²) in [4.78, 5) is 61.3. The number of ether oxygens (including phenoxy) is 1. The predicted molar refractivity (Wildman–Crippen MR) is 146 cm³/mol. The van der Waals surface area contributed by atoms with E-state index in [1.807, 2.05) is 13.8 Å². The monoisotopic (exact) mass is 547 g/mol. The van der Waals surface area contributed by atoms with Crippen LogP contribution >= 0.6 is 11.8 Å². The number of carboxylic acid groups (broad SMARTS) is 1. The molecule has 0 saturated carbocycles. The summed E-state index contributed by atoms with van der Waals surface area (Å²) < 4.78 is 6.06. The molecule has 0 aliphatic heterocycles. The number of methoxy groups -OCH3 is 1. The van der Waals surface area contributed by atoms with Crippen molar-refractivity contribution in [3.63, 3.8) is 0 Å². The number of hydrogen-bond acceptors (Lipinski definition) is 8. The van der Waals surface area contributed by atoms with Crippen LogP contribution in [0.15, 0.2) is 30.5 Å². The summed E-state index contributed by atoms with van der Waals surface area (Å²) in [5, 5.41) is 12.1. The molecule has 10 nitrogen and oxygen atoms in total. The normalized spacial score (nSPS) is 13.6. The second-order valence-electron chi connectivity index (χ2n) is 9.64. The van der Waals surface area contributed by atoms with Gasteiger partial charge in [0.25, 0.3) is 0 Å². The molecular formula is C27H37N3O7S. The highest BCUT2D eigenvalue weighted by atomic mass is 32.2. The van der Waals surface area contributed by atoms with Gasteiger partial charge in [0.1, 0.15) is 6.04 Å². The van der Waals surface area contributed by atoms with Crippen molar-refractivity contribution in [3.05, 3.63) is 36.0 Å². The Bertz CT molecular complexity index is 1160. The summed E-state index contributed by atoms with van der Waals surface area (Å²) in [6.45, 7) is 5.29. The van der Waals surface area contributed by atoms with Crippen LogP contribution in [0, 0.1) is 5.92 Å². The van der Waals surface area contributed by atoms with Crippen molar-refractivity contribution in [1.29, 1.82) is 0 Å². The molecule has 0 aliphatic carbocycles. The second-order valence-corrected chi connectivity index (χ2v) is 11.0. The number of unbranched alkanes of at least 4 members (excludes halogenated alkanes) is 1. The standard InChI is InChI=1S/C27H37N3O7S/c1-16(2)13-20(28)26(34)30-15-18(19-9-5-6-10-22(19)30)14-21(27(35)36)29-25(33)23(38-17(3)31)11-7-8-12-24(32)37-4/h5-6,9-10,15-16,20-21,23H,7-8,11-14,28H2,1-4H3,(H,29,33)(H,35,36)/t20-,21-,23?/m0/s1. The van der Waals surface area contributed by atoms with E-state index >= 15 is 0 Å². The van der Waals surface area contributed by atoms with Gasteiger partial charge in [-0.1, -0.05) is 50.2 Å². The van der Waals surface area contributed by atoms with E-state index in [1.165, 1.54) is 18.6 Å². The van der Waals surface area contributed by atoms with Crippen molar-refractivity contribution in [1.82, 2.24) is 9.88 Å². The SMILES string of the molecule is COC(=O)CCCCC(SC(C)=O)C(=O)N[C@@H](Cc1cn(C(=O)[C@@H](N)CC(C)C)c2ccccc12)C(=O)O. The summed E-state index contributed by atoms with van der Waals surface area (Å²) in [7, 11) is 1.30. The highest BCUT2D eigenvalue weighted by molar-refractivity contribution is 8.14. The number of benzene rings is 1. The number of aliphatic carboxylic acids is 1. The number of carbonyl (C=O) groups is 5. The van der Waals surface area contributed by atoms with Gasteiger partial charge < -0.3 is 20.9 Å². The van der Waals surface area contributed by atoms with E-state index in [2.05, 4.69) is 10.1 Å². The lowest BCUT2D eigenvalue weighted by Crippen LogP contribution is -2.46. The molecule has 11 heteroatoms. The maximum atomic E-state index is 13.1. The Labute approximate surface area is 226 Å². The highest BCUT2D eigenvalue weighted by Crippen LogP contribution is 2.25. The molecular weight excluding hydrogens is 510 g/mol. The second kappa shape index (κ2) is 14.7. The van der Waals surface area contributed by atoms with Crippen molar-refractivity contribution >= 4 is 51.5 Å². The first-order valence-corrected chi connectivity index (χ1v) is 13.5. The number of esters is 1. The molecule has 1 amide bonds. The largest absolute Gasteiger partial charge is 0.480 e.